The molecule has 2 heterocycles. The summed E-state index contributed by atoms with van der Waals surface area (Å²) >= 11 is 0. The molecule has 2 aliphatic heterocycles. The maximum absolute atomic E-state index is 13.0. The molecule has 2 saturated heterocycles. The Balaban J connectivity index is 0.00000225. The Morgan fingerprint density at radius 1 is 1.20 bits per heavy atom. The molecule has 2 amide bonds. The van der Waals surface area contributed by atoms with Gasteiger partial charge in [-0.3, -0.25) is 9.59 Å². The van der Waals surface area contributed by atoms with Gasteiger partial charge in [0.2, 0.25) is 5.91 Å². The zero-order chi connectivity index (χ0) is 17.1. The predicted octanol–water partition coefficient (Wildman–Crippen LogP) is 1.92. The van der Waals surface area contributed by atoms with Gasteiger partial charge in [-0.2, -0.15) is 0 Å². The number of amides is 2. The SMILES string of the molecule is CC1CNCCN1C(=O)C1CCCN(C(=O)c2ccc(F)cc2)C1.Cl. The lowest BCUT2D eigenvalue weighted by Gasteiger charge is -2.39. The third kappa shape index (κ3) is 4.50. The number of piperidine rings is 1. The molecule has 1 N–H and O–H groups in total. The highest BCUT2D eigenvalue weighted by Gasteiger charge is 2.33. The second-order valence-electron chi connectivity index (χ2n) is 6.68. The molecule has 1 aromatic rings. The van der Waals surface area contributed by atoms with Crippen LogP contribution in [0.15, 0.2) is 24.3 Å². The fourth-order valence-electron chi connectivity index (χ4n) is 3.54. The first-order valence-electron chi connectivity index (χ1n) is 8.62. The first-order chi connectivity index (χ1) is 11.6. The Kier molecular flexibility index (Phi) is 6.79. The number of hydrogen-bond donors (Lipinski definition) is 1. The number of carbonyl (C=O) groups excluding carboxylic acids is 2. The van der Waals surface area contributed by atoms with E-state index in [-0.39, 0.29) is 42.0 Å². The van der Waals surface area contributed by atoms with Crippen LogP contribution in [0.2, 0.25) is 0 Å². The Morgan fingerprint density at radius 3 is 2.60 bits per heavy atom. The van der Waals surface area contributed by atoms with Crippen molar-refractivity contribution in [3.63, 3.8) is 0 Å². The van der Waals surface area contributed by atoms with Crippen molar-refractivity contribution in [1.82, 2.24) is 15.1 Å². The van der Waals surface area contributed by atoms with Gasteiger partial charge in [0.05, 0.1) is 5.92 Å². The van der Waals surface area contributed by atoms with Gasteiger partial charge in [0, 0.05) is 44.3 Å². The van der Waals surface area contributed by atoms with Crippen molar-refractivity contribution in [2.45, 2.75) is 25.8 Å². The van der Waals surface area contributed by atoms with Crippen LogP contribution in [-0.4, -0.2) is 60.4 Å². The topological polar surface area (TPSA) is 52.7 Å². The molecular weight excluding hydrogens is 345 g/mol. The molecule has 25 heavy (non-hydrogen) atoms. The second kappa shape index (κ2) is 8.63. The maximum Gasteiger partial charge on any atom is 0.253 e. The highest BCUT2D eigenvalue weighted by Crippen LogP contribution is 2.22. The van der Waals surface area contributed by atoms with E-state index in [2.05, 4.69) is 5.32 Å². The van der Waals surface area contributed by atoms with Gasteiger partial charge in [-0.1, -0.05) is 0 Å². The molecule has 5 nitrogen and oxygen atoms in total. The van der Waals surface area contributed by atoms with Crippen LogP contribution in [0, 0.1) is 11.7 Å². The number of piperazine rings is 1. The number of rotatable bonds is 2. The van der Waals surface area contributed by atoms with Crippen LogP contribution in [0.5, 0.6) is 0 Å². The number of likely N-dealkylation sites (tertiary alicyclic amines) is 1. The van der Waals surface area contributed by atoms with Gasteiger partial charge < -0.3 is 15.1 Å². The van der Waals surface area contributed by atoms with E-state index in [1.807, 2.05) is 11.8 Å². The summed E-state index contributed by atoms with van der Waals surface area (Å²) < 4.78 is 13.0. The first kappa shape index (κ1) is 19.7. The summed E-state index contributed by atoms with van der Waals surface area (Å²) in [7, 11) is 0. The largest absolute Gasteiger partial charge is 0.338 e. The van der Waals surface area contributed by atoms with Gasteiger partial charge in [-0.25, -0.2) is 4.39 Å². The summed E-state index contributed by atoms with van der Waals surface area (Å²) in [6.07, 6.45) is 1.65. The molecule has 2 unspecified atom stereocenters. The third-order valence-corrected chi connectivity index (χ3v) is 4.93. The first-order valence-corrected chi connectivity index (χ1v) is 8.62. The lowest BCUT2D eigenvalue weighted by atomic mass is 9.95. The fraction of sp³-hybridized carbons (Fsp3) is 0.556. The summed E-state index contributed by atoms with van der Waals surface area (Å²) in [5.41, 5.74) is 0.472. The summed E-state index contributed by atoms with van der Waals surface area (Å²) in [6, 6.07) is 5.78. The zero-order valence-corrected chi connectivity index (χ0v) is 15.2. The van der Waals surface area contributed by atoms with Crippen LogP contribution in [0.25, 0.3) is 0 Å². The van der Waals surface area contributed by atoms with Gasteiger partial charge in [-0.05, 0) is 44.0 Å². The van der Waals surface area contributed by atoms with E-state index < -0.39 is 0 Å². The molecule has 0 bridgehead atoms. The molecule has 0 spiro atoms. The van der Waals surface area contributed by atoms with E-state index in [0.29, 0.717) is 18.7 Å². The summed E-state index contributed by atoms with van der Waals surface area (Å²) in [5.74, 6) is -0.462. The normalized spacial score (nSPS) is 23.8. The molecule has 2 atom stereocenters. The Hall–Kier alpha value is -1.66. The van der Waals surface area contributed by atoms with Crippen molar-refractivity contribution in [1.29, 1.82) is 0 Å². The Labute approximate surface area is 154 Å². The molecule has 0 saturated carbocycles. The lowest BCUT2D eigenvalue weighted by Crippen LogP contribution is -2.55. The molecule has 2 fully saturated rings. The molecule has 3 rings (SSSR count). The number of hydrogen-bond acceptors (Lipinski definition) is 3. The molecular formula is C18H25ClFN3O2. The lowest BCUT2D eigenvalue weighted by molar-refractivity contribution is -0.139. The van der Waals surface area contributed by atoms with E-state index in [0.717, 1.165) is 32.5 Å². The molecule has 0 aromatic heterocycles. The smallest absolute Gasteiger partial charge is 0.253 e. The number of nitrogens with zero attached hydrogens (tertiary/aromatic N) is 2. The minimum Gasteiger partial charge on any atom is -0.338 e. The van der Waals surface area contributed by atoms with Crippen LogP contribution >= 0.6 is 12.4 Å². The van der Waals surface area contributed by atoms with Gasteiger partial charge in [0.15, 0.2) is 0 Å². The number of benzene rings is 1. The van der Waals surface area contributed by atoms with Crippen molar-refractivity contribution >= 4 is 24.2 Å². The predicted molar refractivity (Wildman–Crippen MR) is 96.3 cm³/mol. The average molecular weight is 370 g/mol. The van der Waals surface area contributed by atoms with Gasteiger partial charge in [-0.15, -0.1) is 12.4 Å². The van der Waals surface area contributed by atoms with E-state index in [4.69, 9.17) is 0 Å². The minimum atomic E-state index is -0.356. The van der Waals surface area contributed by atoms with Crippen molar-refractivity contribution in [2.75, 3.05) is 32.7 Å². The van der Waals surface area contributed by atoms with Gasteiger partial charge in [0.1, 0.15) is 5.82 Å². The second-order valence-corrected chi connectivity index (χ2v) is 6.68. The monoisotopic (exact) mass is 369 g/mol. The van der Waals surface area contributed by atoms with Crippen molar-refractivity contribution in [3.8, 4) is 0 Å². The molecule has 0 aliphatic carbocycles. The summed E-state index contributed by atoms with van der Waals surface area (Å²) in [4.78, 5) is 29.1. The number of halogens is 2. The van der Waals surface area contributed by atoms with Crippen molar-refractivity contribution in [3.05, 3.63) is 35.6 Å². The maximum atomic E-state index is 13.0. The van der Waals surface area contributed by atoms with Crippen LogP contribution in [0.3, 0.4) is 0 Å². The van der Waals surface area contributed by atoms with E-state index in [1.54, 1.807) is 4.90 Å². The van der Waals surface area contributed by atoms with Crippen molar-refractivity contribution in [2.24, 2.45) is 5.92 Å². The van der Waals surface area contributed by atoms with E-state index >= 15 is 0 Å². The van der Waals surface area contributed by atoms with Gasteiger partial charge in [0.25, 0.3) is 5.91 Å². The molecule has 0 radical (unpaired) electrons. The van der Waals surface area contributed by atoms with Crippen LogP contribution in [0.1, 0.15) is 30.1 Å². The molecule has 7 heteroatoms. The quantitative estimate of drug-likeness (QED) is 0.866. The number of nitrogens with one attached hydrogen (secondary N) is 1. The van der Waals surface area contributed by atoms with E-state index in [9.17, 15) is 14.0 Å². The Bertz CT molecular complexity index is 611. The van der Waals surface area contributed by atoms with E-state index in [1.165, 1.54) is 24.3 Å². The van der Waals surface area contributed by atoms with Gasteiger partial charge >= 0.3 is 0 Å². The summed E-state index contributed by atoms with van der Waals surface area (Å²) in [6.45, 7) is 5.51. The Morgan fingerprint density at radius 2 is 1.92 bits per heavy atom. The highest BCUT2D eigenvalue weighted by molar-refractivity contribution is 5.94. The summed E-state index contributed by atoms with van der Waals surface area (Å²) in [5, 5.41) is 3.29. The molecule has 138 valence electrons. The molecule has 1 aromatic carbocycles. The van der Waals surface area contributed by atoms with Crippen LogP contribution < -0.4 is 5.32 Å². The third-order valence-electron chi connectivity index (χ3n) is 4.93. The minimum absolute atomic E-state index is 0. The average Bonchev–Trinajstić information content (AvgIpc) is 2.62. The van der Waals surface area contributed by atoms with Crippen molar-refractivity contribution < 1.29 is 14.0 Å². The molecule has 2 aliphatic rings. The standard InChI is InChI=1S/C18H24FN3O2.ClH/c1-13-11-20-8-10-22(13)18(24)15-3-2-9-21(12-15)17(23)14-4-6-16(19)7-5-14;/h4-7,13,15,20H,2-3,8-12H2,1H3;1H. The van der Waals surface area contributed by atoms with Crippen LogP contribution in [-0.2, 0) is 4.79 Å². The highest BCUT2D eigenvalue weighted by atomic mass is 35.5. The van der Waals surface area contributed by atoms with Crippen LogP contribution in [0.4, 0.5) is 4.39 Å². The zero-order valence-electron chi connectivity index (χ0n) is 14.4. The fourth-order valence-corrected chi connectivity index (χ4v) is 3.54. The number of carbonyl (C=O) groups is 2.